The van der Waals surface area contributed by atoms with Gasteiger partial charge in [0.25, 0.3) is 0 Å². The molecule has 0 fully saturated rings. The third-order valence-corrected chi connectivity index (χ3v) is 4.88. The summed E-state index contributed by atoms with van der Waals surface area (Å²) < 4.78 is 19.4. The highest BCUT2D eigenvalue weighted by Crippen LogP contribution is 2.21. The summed E-state index contributed by atoms with van der Waals surface area (Å²) >= 11 is 1.33. The molecule has 0 saturated carbocycles. The van der Waals surface area contributed by atoms with Crippen LogP contribution in [-0.2, 0) is 17.8 Å². The van der Waals surface area contributed by atoms with E-state index in [4.69, 9.17) is 4.42 Å². The van der Waals surface area contributed by atoms with Gasteiger partial charge in [0.1, 0.15) is 12.4 Å². The first-order valence-electron chi connectivity index (χ1n) is 8.16. The second-order valence-corrected chi connectivity index (χ2v) is 7.02. The van der Waals surface area contributed by atoms with Crippen molar-refractivity contribution in [3.63, 3.8) is 0 Å². The Balaban J connectivity index is 1.44. The van der Waals surface area contributed by atoms with Crippen LogP contribution in [0, 0.1) is 5.82 Å². The molecule has 0 aliphatic rings. The zero-order valence-corrected chi connectivity index (χ0v) is 14.8. The summed E-state index contributed by atoms with van der Waals surface area (Å²) in [5.41, 5.74) is 1.95. The molecular weight excluding hydrogens is 369 g/mol. The van der Waals surface area contributed by atoms with Gasteiger partial charge < -0.3 is 9.73 Å². The number of anilines is 1. The van der Waals surface area contributed by atoms with Gasteiger partial charge in [-0.15, -0.1) is 11.3 Å². The van der Waals surface area contributed by atoms with E-state index in [1.807, 2.05) is 0 Å². The summed E-state index contributed by atoms with van der Waals surface area (Å²) in [6, 6.07) is 13.2. The number of nitrogens with zero attached hydrogens (tertiary/aromatic N) is 2. The van der Waals surface area contributed by atoms with Crippen LogP contribution < -0.4 is 11.1 Å². The van der Waals surface area contributed by atoms with Gasteiger partial charge in [-0.25, -0.2) is 14.2 Å². The summed E-state index contributed by atoms with van der Waals surface area (Å²) in [4.78, 5) is 29.3. The zero-order valence-electron chi connectivity index (χ0n) is 14.0. The van der Waals surface area contributed by atoms with Gasteiger partial charge in [0, 0.05) is 17.5 Å². The minimum Gasteiger partial charge on any atom is -0.408 e. The van der Waals surface area contributed by atoms with Crippen LogP contribution in [0.2, 0.25) is 0 Å². The van der Waals surface area contributed by atoms with E-state index in [1.54, 1.807) is 42.6 Å². The molecule has 6 nitrogen and oxygen atoms in total. The highest BCUT2D eigenvalue weighted by Gasteiger charge is 2.13. The number of para-hydroxylation sites is 2. The number of hydrogen-bond acceptors (Lipinski definition) is 5. The number of fused-ring (bicyclic) bond motifs is 1. The van der Waals surface area contributed by atoms with E-state index in [1.165, 1.54) is 28.0 Å². The third-order valence-electron chi connectivity index (χ3n) is 3.97. The van der Waals surface area contributed by atoms with E-state index in [0.717, 1.165) is 10.4 Å². The molecule has 0 spiro atoms. The van der Waals surface area contributed by atoms with Crippen molar-refractivity contribution in [3.8, 4) is 0 Å². The normalized spacial score (nSPS) is 11.0. The fourth-order valence-corrected chi connectivity index (χ4v) is 3.58. The van der Waals surface area contributed by atoms with Crippen molar-refractivity contribution >= 4 is 33.5 Å². The predicted octanol–water partition coefficient (Wildman–Crippen LogP) is 3.42. The summed E-state index contributed by atoms with van der Waals surface area (Å²) in [5.74, 6) is -1.23. The highest BCUT2D eigenvalue weighted by molar-refractivity contribution is 7.15. The van der Waals surface area contributed by atoms with Gasteiger partial charge in [-0.3, -0.25) is 9.36 Å². The lowest BCUT2D eigenvalue weighted by atomic mass is 10.1. The number of benzene rings is 2. The maximum absolute atomic E-state index is 13.0. The first kappa shape index (κ1) is 17.2. The Morgan fingerprint density at radius 2 is 1.96 bits per heavy atom. The first-order chi connectivity index (χ1) is 13.1. The minimum absolute atomic E-state index is 0.164. The molecule has 4 aromatic rings. The molecular formula is C19H14FN3O3S. The van der Waals surface area contributed by atoms with Crippen LogP contribution in [0.5, 0.6) is 0 Å². The van der Waals surface area contributed by atoms with E-state index in [2.05, 4.69) is 10.3 Å². The van der Waals surface area contributed by atoms with Crippen molar-refractivity contribution in [3.05, 3.63) is 81.5 Å². The Bertz CT molecular complexity index is 1160. The molecule has 8 heteroatoms. The molecule has 2 heterocycles. The fourth-order valence-electron chi connectivity index (χ4n) is 2.72. The molecule has 1 N–H and O–H groups in total. The number of hydrogen-bond donors (Lipinski definition) is 1. The maximum atomic E-state index is 13.0. The molecule has 2 aromatic heterocycles. The maximum Gasteiger partial charge on any atom is 0.420 e. The number of carbonyl (C=O) groups excluding carboxylic acids is 1. The first-order valence-corrected chi connectivity index (χ1v) is 8.97. The molecule has 0 saturated heterocycles. The van der Waals surface area contributed by atoms with Gasteiger partial charge in [-0.05, 0) is 29.8 Å². The fraction of sp³-hybridized carbons (Fsp3) is 0.105. The van der Waals surface area contributed by atoms with Crippen LogP contribution >= 0.6 is 11.3 Å². The highest BCUT2D eigenvalue weighted by atomic mass is 32.1. The number of thiazole rings is 1. The Hall–Kier alpha value is -3.26. The van der Waals surface area contributed by atoms with E-state index in [0.29, 0.717) is 22.7 Å². The number of rotatable bonds is 5. The number of amides is 1. The standard InChI is InChI=1S/C19H14FN3O3S/c20-13-7-5-12(6-8-13)9-14-10-21-18(27-14)22-17(24)11-23-15-3-1-2-4-16(15)26-19(23)25/h1-8,10H,9,11H2,(H,21,22,24). The summed E-state index contributed by atoms with van der Waals surface area (Å²) in [6.45, 7) is -0.164. The van der Waals surface area contributed by atoms with Gasteiger partial charge in [-0.2, -0.15) is 0 Å². The van der Waals surface area contributed by atoms with Crippen LogP contribution in [0.25, 0.3) is 11.1 Å². The minimum atomic E-state index is -0.581. The second-order valence-electron chi connectivity index (χ2n) is 5.90. The third kappa shape index (κ3) is 3.80. The van der Waals surface area contributed by atoms with Gasteiger partial charge >= 0.3 is 5.76 Å². The molecule has 4 rings (SSSR count). The lowest BCUT2D eigenvalue weighted by molar-refractivity contribution is -0.116. The van der Waals surface area contributed by atoms with E-state index in [-0.39, 0.29) is 18.3 Å². The number of halogens is 1. The number of carbonyl (C=O) groups is 1. The Kier molecular flexibility index (Phi) is 4.55. The van der Waals surface area contributed by atoms with E-state index in [9.17, 15) is 14.0 Å². The molecule has 0 radical (unpaired) electrons. The number of oxazole rings is 1. The van der Waals surface area contributed by atoms with Crippen molar-refractivity contribution in [1.29, 1.82) is 0 Å². The quantitative estimate of drug-likeness (QED) is 0.573. The Morgan fingerprint density at radius 3 is 2.78 bits per heavy atom. The molecule has 2 aromatic carbocycles. The molecule has 27 heavy (non-hydrogen) atoms. The lowest BCUT2D eigenvalue weighted by Gasteiger charge is -2.02. The smallest absolute Gasteiger partial charge is 0.408 e. The van der Waals surface area contributed by atoms with Gasteiger partial charge in [0.2, 0.25) is 5.91 Å². The van der Waals surface area contributed by atoms with Crippen LogP contribution in [0.1, 0.15) is 10.4 Å². The molecule has 0 unspecified atom stereocenters. The topological polar surface area (TPSA) is 77.1 Å². The number of nitrogens with one attached hydrogen (secondary N) is 1. The van der Waals surface area contributed by atoms with Crippen molar-refractivity contribution in [1.82, 2.24) is 9.55 Å². The van der Waals surface area contributed by atoms with Gasteiger partial charge in [-0.1, -0.05) is 24.3 Å². The summed E-state index contributed by atoms with van der Waals surface area (Å²) in [6.07, 6.45) is 2.27. The molecule has 0 bridgehead atoms. The van der Waals surface area contributed by atoms with Gasteiger partial charge in [0.15, 0.2) is 10.7 Å². The van der Waals surface area contributed by atoms with E-state index < -0.39 is 5.76 Å². The second kappa shape index (κ2) is 7.16. The average Bonchev–Trinajstić information content (AvgIpc) is 3.21. The zero-order chi connectivity index (χ0) is 18.8. The van der Waals surface area contributed by atoms with Crippen LogP contribution in [0.3, 0.4) is 0 Å². The van der Waals surface area contributed by atoms with Crippen molar-refractivity contribution < 1.29 is 13.6 Å². The molecule has 0 aliphatic carbocycles. The Morgan fingerprint density at radius 1 is 1.19 bits per heavy atom. The average molecular weight is 383 g/mol. The van der Waals surface area contributed by atoms with Crippen molar-refractivity contribution in [2.75, 3.05) is 5.32 Å². The lowest BCUT2D eigenvalue weighted by Crippen LogP contribution is -2.24. The molecule has 136 valence electrons. The molecule has 0 aliphatic heterocycles. The van der Waals surface area contributed by atoms with Crippen molar-refractivity contribution in [2.45, 2.75) is 13.0 Å². The summed E-state index contributed by atoms with van der Waals surface area (Å²) in [5, 5.41) is 3.14. The number of aromatic nitrogens is 2. The molecule has 0 atom stereocenters. The van der Waals surface area contributed by atoms with Crippen molar-refractivity contribution in [2.24, 2.45) is 0 Å². The van der Waals surface area contributed by atoms with Crippen LogP contribution in [0.4, 0.5) is 9.52 Å². The summed E-state index contributed by atoms with van der Waals surface area (Å²) in [7, 11) is 0. The Labute approximate surface area is 156 Å². The van der Waals surface area contributed by atoms with Crippen LogP contribution in [0.15, 0.2) is 63.9 Å². The van der Waals surface area contributed by atoms with E-state index >= 15 is 0 Å². The molecule has 1 amide bonds. The van der Waals surface area contributed by atoms with Gasteiger partial charge in [0.05, 0.1) is 5.52 Å². The van der Waals surface area contributed by atoms with Crippen LogP contribution in [-0.4, -0.2) is 15.5 Å². The monoisotopic (exact) mass is 383 g/mol. The predicted molar refractivity (Wildman–Crippen MR) is 100 cm³/mol. The SMILES string of the molecule is O=C(Cn1c(=O)oc2ccccc21)Nc1ncc(Cc2ccc(F)cc2)s1. The largest absolute Gasteiger partial charge is 0.420 e.